The van der Waals surface area contributed by atoms with Crippen LogP contribution in [0.2, 0.25) is 10.0 Å². The molecule has 2 heterocycles. The number of hydrazone groups is 1. The molecule has 0 aliphatic carbocycles. The van der Waals surface area contributed by atoms with Crippen molar-refractivity contribution in [2.24, 2.45) is 10.1 Å². The van der Waals surface area contributed by atoms with Crippen molar-refractivity contribution in [3.05, 3.63) is 57.8 Å². The number of rotatable bonds is 6. The van der Waals surface area contributed by atoms with Gasteiger partial charge in [-0.15, -0.1) is 18.2 Å². The maximum absolute atomic E-state index is 13.9. The van der Waals surface area contributed by atoms with Crippen molar-refractivity contribution in [2.45, 2.75) is 38.2 Å². The van der Waals surface area contributed by atoms with E-state index < -0.39 is 24.0 Å². The summed E-state index contributed by atoms with van der Waals surface area (Å²) in [6.45, 7) is 3.51. The SMILES string of the molecule is CCN1CCC[C@@H]1C(=O)NC1CN(C(=NC#N)Nc2ccc(F)c(OC(F)(F)F)c2)N=C1c1ccc(Cl)c(Cl)c1. The Morgan fingerprint density at radius 1 is 1.25 bits per heavy atom. The summed E-state index contributed by atoms with van der Waals surface area (Å²) in [5.41, 5.74) is 0.874. The van der Waals surface area contributed by atoms with E-state index in [1.807, 2.05) is 6.92 Å². The number of nitriles is 1. The minimum Gasteiger partial charge on any atom is -0.403 e. The first-order valence-electron chi connectivity index (χ1n) is 12.1. The number of alkyl halides is 3. The van der Waals surface area contributed by atoms with Gasteiger partial charge in [-0.05, 0) is 50.2 Å². The molecule has 0 saturated carbocycles. The summed E-state index contributed by atoms with van der Waals surface area (Å²) in [6.07, 6.45) is -1.92. The molecular formula is C25H23Cl2F4N7O2. The fraction of sp³-hybridized carbons (Fsp3) is 0.360. The highest BCUT2D eigenvalue weighted by Crippen LogP contribution is 2.29. The summed E-state index contributed by atoms with van der Waals surface area (Å²) in [5.74, 6) is -2.69. The van der Waals surface area contributed by atoms with E-state index in [1.165, 1.54) is 5.01 Å². The Balaban J connectivity index is 1.63. The maximum Gasteiger partial charge on any atom is 0.573 e. The molecule has 212 valence electrons. The van der Waals surface area contributed by atoms with E-state index >= 15 is 0 Å². The highest BCUT2D eigenvalue weighted by molar-refractivity contribution is 6.42. The van der Waals surface area contributed by atoms with Gasteiger partial charge in [-0.25, -0.2) is 9.40 Å². The number of hydrogen-bond donors (Lipinski definition) is 2. The molecule has 2 aromatic carbocycles. The zero-order chi connectivity index (χ0) is 29.0. The molecule has 2 aliphatic rings. The quantitative estimate of drug-likeness (QED) is 0.210. The smallest absolute Gasteiger partial charge is 0.403 e. The molecule has 1 unspecified atom stereocenters. The number of hydrogen-bond acceptors (Lipinski definition) is 6. The zero-order valence-electron chi connectivity index (χ0n) is 21.0. The lowest BCUT2D eigenvalue weighted by Gasteiger charge is -2.25. The third-order valence-corrected chi connectivity index (χ3v) is 7.07. The van der Waals surface area contributed by atoms with Gasteiger partial charge in [-0.1, -0.05) is 36.2 Å². The van der Waals surface area contributed by atoms with Gasteiger partial charge in [-0.3, -0.25) is 9.69 Å². The van der Waals surface area contributed by atoms with Gasteiger partial charge in [0.25, 0.3) is 0 Å². The zero-order valence-corrected chi connectivity index (χ0v) is 22.5. The lowest BCUT2D eigenvalue weighted by molar-refractivity contribution is -0.275. The van der Waals surface area contributed by atoms with Crippen LogP contribution in [-0.4, -0.2) is 65.6 Å². The molecule has 4 rings (SSSR count). The molecule has 15 heteroatoms. The molecular weight excluding hydrogens is 577 g/mol. The van der Waals surface area contributed by atoms with Crippen molar-refractivity contribution in [3.63, 3.8) is 0 Å². The predicted octanol–water partition coefficient (Wildman–Crippen LogP) is 4.97. The van der Waals surface area contributed by atoms with E-state index in [2.05, 4.69) is 30.4 Å². The fourth-order valence-corrected chi connectivity index (χ4v) is 4.84. The number of carbonyl (C=O) groups is 1. The second kappa shape index (κ2) is 12.3. The van der Waals surface area contributed by atoms with Crippen LogP contribution in [0.1, 0.15) is 25.3 Å². The highest BCUT2D eigenvalue weighted by atomic mass is 35.5. The molecule has 0 spiro atoms. The molecule has 40 heavy (non-hydrogen) atoms. The van der Waals surface area contributed by atoms with Crippen LogP contribution < -0.4 is 15.4 Å². The number of benzene rings is 2. The molecule has 1 fully saturated rings. The lowest BCUT2D eigenvalue weighted by atomic mass is 10.0. The van der Waals surface area contributed by atoms with E-state index in [1.54, 1.807) is 24.4 Å². The summed E-state index contributed by atoms with van der Waals surface area (Å²) in [6, 6.07) is 6.51. The standard InChI is InChI=1S/C25H23Cl2F4N7O2/c1-2-37-9-3-4-20(37)23(39)35-19-12-38(36-22(19)14-5-7-16(26)17(27)10-14)24(33-13-32)34-15-6-8-18(28)21(11-15)40-25(29,30)31/h5-8,10-11,19-20H,2-4,9,12H2,1H3,(H,33,34)(H,35,39)/t19?,20-/m1/s1. The lowest BCUT2D eigenvalue weighted by Crippen LogP contribution is -2.50. The molecule has 2 aromatic rings. The van der Waals surface area contributed by atoms with Gasteiger partial charge in [0.2, 0.25) is 18.1 Å². The minimum atomic E-state index is -5.12. The Morgan fingerprint density at radius 2 is 2.02 bits per heavy atom. The van der Waals surface area contributed by atoms with Crippen LogP contribution in [0.5, 0.6) is 5.75 Å². The molecule has 0 aromatic heterocycles. The molecule has 9 nitrogen and oxygen atoms in total. The number of amides is 1. The number of aliphatic imine (C=N–C) groups is 1. The Hall–Kier alpha value is -3.60. The average Bonchev–Trinajstić information content (AvgIpc) is 3.54. The van der Waals surface area contributed by atoms with Gasteiger partial charge in [0.1, 0.15) is 0 Å². The van der Waals surface area contributed by atoms with Crippen molar-refractivity contribution in [1.29, 1.82) is 5.26 Å². The Labute approximate surface area is 237 Å². The fourth-order valence-electron chi connectivity index (χ4n) is 4.54. The third kappa shape index (κ3) is 6.93. The number of ether oxygens (including phenoxy) is 1. The van der Waals surface area contributed by atoms with Crippen LogP contribution in [0, 0.1) is 17.3 Å². The topological polar surface area (TPSA) is 105 Å². The molecule has 0 radical (unpaired) electrons. The van der Waals surface area contributed by atoms with Gasteiger partial charge in [0.05, 0.1) is 34.4 Å². The average molecular weight is 600 g/mol. The normalized spacial score (nSPS) is 19.8. The number of nitrogens with one attached hydrogen (secondary N) is 2. The number of likely N-dealkylation sites (N-methyl/N-ethyl adjacent to an activating group) is 1. The van der Waals surface area contributed by atoms with E-state index in [0.29, 0.717) is 29.3 Å². The third-order valence-electron chi connectivity index (χ3n) is 6.33. The van der Waals surface area contributed by atoms with Crippen LogP contribution in [0.25, 0.3) is 0 Å². The first-order valence-corrected chi connectivity index (χ1v) is 12.9. The summed E-state index contributed by atoms with van der Waals surface area (Å²) in [4.78, 5) is 19.0. The van der Waals surface area contributed by atoms with Gasteiger partial charge in [0, 0.05) is 17.3 Å². The molecule has 1 amide bonds. The maximum atomic E-state index is 13.9. The van der Waals surface area contributed by atoms with Crippen molar-refractivity contribution >= 4 is 46.5 Å². The minimum absolute atomic E-state index is 0.0147. The largest absolute Gasteiger partial charge is 0.573 e. The summed E-state index contributed by atoms with van der Waals surface area (Å²) in [5, 5.41) is 21.4. The van der Waals surface area contributed by atoms with Crippen molar-refractivity contribution in [2.75, 3.05) is 25.0 Å². The number of halogens is 6. The second-order valence-electron chi connectivity index (χ2n) is 8.90. The van der Waals surface area contributed by atoms with Crippen LogP contribution in [0.15, 0.2) is 46.5 Å². The molecule has 2 atom stereocenters. The predicted molar refractivity (Wildman–Crippen MR) is 142 cm³/mol. The monoisotopic (exact) mass is 599 g/mol. The van der Waals surface area contributed by atoms with E-state index in [-0.39, 0.29) is 35.2 Å². The van der Waals surface area contributed by atoms with Gasteiger partial charge in [0.15, 0.2) is 11.6 Å². The summed E-state index contributed by atoms with van der Waals surface area (Å²) >= 11 is 12.3. The van der Waals surface area contributed by atoms with Crippen molar-refractivity contribution in [3.8, 4) is 11.9 Å². The van der Waals surface area contributed by atoms with Crippen LogP contribution >= 0.6 is 23.2 Å². The van der Waals surface area contributed by atoms with Gasteiger partial charge in [-0.2, -0.15) is 10.4 Å². The van der Waals surface area contributed by atoms with Gasteiger partial charge >= 0.3 is 6.36 Å². The molecule has 2 aliphatic heterocycles. The molecule has 0 bridgehead atoms. The number of guanidine groups is 1. The Kier molecular flexibility index (Phi) is 9.02. The first kappa shape index (κ1) is 29.4. The Morgan fingerprint density at radius 3 is 2.70 bits per heavy atom. The van der Waals surface area contributed by atoms with Crippen LogP contribution in [0.3, 0.4) is 0 Å². The number of carbonyl (C=O) groups excluding carboxylic acids is 1. The summed E-state index contributed by atoms with van der Waals surface area (Å²) in [7, 11) is 0. The number of nitrogens with zero attached hydrogens (tertiary/aromatic N) is 5. The highest BCUT2D eigenvalue weighted by Gasteiger charge is 2.36. The van der Waals surface area contributed by atoms with Gasteiger partial charge < -0.3 is 15.4 Å². The molecule has 1 saturated heterocycles. The van der Waals surface area contributed by atoms with E-state index in [0.717, 1.165) is 31.2 Å². The molecule has 2 N–H and O–H groups in total. The van der Waals surface area contributed by atoms with E-state index in [9.17, 15) is 27.6 Å². The van der Waals surface area contributed by atoms with E-state index in [4.69, 9.17) is 23.2 Å². The Bertz CT molecular complexity index is 1380. The number of anilines is 1. The van der Waals surface area contributed by atoms with Crippen molar-refractivity contribution in [1.82, 2.24) is 15.2 Å². The second-order valence-corrected chi connectivity index (χ2v) is 9.71. The summed E-state index contributed by atoms with van der Waals surface area (Å²) < 4.78 is 55.7. The number of likely N-dealkylation sites (tertiary alicyclic amines) is 1. The van der Waals surface area contributed by atoms with Crippen LogP contribution in [-0.2, 0) is 4.79 Å². The van der Waals surface area contributed by atoms with Crippen molar-refractivity contribution < 1.29 is 27.1 Å². The first-order chi connectivity index (χ1) is 19.0. The van der Waals surface area contributed by atoms with Crippen LogP contribution in [0.4, 0.5) is 23.2 Å².